The van der Waals surface area contributed by atoms with Gasteiger partial charge in [0, 0.05) is 7.05 Å². The first-order chi connectivity index (χ1) is 6.76. The largest absolute Gasteiger partial charge is 0.462 e. The third kappa shape index (κ3) is 1.45. The normalized spacial score (nSPS) is 13.5. The Kier molecular flexibility index (Phi) is 2.57. The molecule has 1 aromatic heterocycles. The van der Waals surface area contributed by atoms with Gasteiger partial charge < -0.3 is 19.8 Å². The fourth-order valence-electron chi connectivity index (χ4n) is 1.28. The second-order valence-electron chi connectivity index (χ2n) is 2.85. The van der Waals surface area contributed by atoms with Gasteiger partial charge >= 0.3 is 0 Å². The van der Waals surface area contributed by atoms with Gasteiger partial charge in [-0.15, -0.1) is 0 Å². The fourth-order valence-corrected chi connectivity index (χ4v) is 1.58. The fraction of sp³-hybridized carbons (Fsp3) is 0.333. The highest BCUT2D eigenvalue weighted by Crippen LogP contribution is 2.37. The lowest BCUT2D eigenvalue weighted by atomic mass is 10.4. The Bertz CT molecular complexity index is 360. The zero-order valence-corrected chi connectivity index (χ0v) is 9.92. The Balaban J connectivity index is 2.52. The number of nitrogens with zero attached hydrogens (tertiary/aromatic N) is 3. The summed E-state index contributed by atoms with van der Waals surface area (Å²) in [6, 6.07) is 0. The number of nitrogens with one attached hydrogen (secondary N) is 2. The molecule has 2 rings (SSSR count). The SMILES string of the molecule is CN1CNc2c(OP)nc(NP)nc21. The lowest BCUT2D eigenvalue weighted by Crippen LogP contribution is -2.16. The van der Waals surface area contributed by atoms with Crippen LogP contribution in [0.25, 0.3) is 0 Å². The minimum atomic E-state index is 0.516. The van der Waals surface area contributed by atoms with Gasteiger partial charge in [-0.25, -0.2) is 0 Å². The van der Waals surface area contributed by atoms with Crippen molar-refractivity contribution < 1.29 is 4.52 Å². The maximum absolute atomic E-state index is 5.08. The van der Waals surface area contributed by atoms with E-state index in [9.17, 15) is 0 Å². The van der Waals surface area contributed by atoms with Gasteiger partial charge in [0.25, 0.3) is 0 Å². The van der Waals surface area contributed by atoms with Crippen LogP contribution < -0.4 is 19.8 Å². The summed E-state index contributed by atoms with van der Waals surface area (Å²) < 4.78 is 5.08. The maximum atomic E-state index is 5.08. The molecule has 14 heavy (non-hydrogen) atoms. The van der Waals surface area contributed by atoms with E-state index in [0.29, 0.717) is 18.5 Å². The second kappa shape index (κ2) is 3.71. The van der Waals surface area contributed by atoms with Gasteiger partial charge in [0.1, 0.15) is 5.69 Å². The number of aromatic nitrogens is 2. The number of fused-ring (bicyclic) bond motifs is 1. The maximum Gasteiger partial charge on any atom is 0.246 e. The predicted molar refractivity (Wildman–Crippen MR) is 62.6 cm³/mol. The zero-order valence-electron chi connectivity index (χ0n) is 7.61. The van der Waals surface area contributed by atoms with Crippen LogP contribution in [0.5, 0.6) is 5.88 Å². The van der Waals surface area contributed by atoms with E-state index in [0.717, 1.165) is 11.5 Å². The van der Waals surface area contributed by atoms with Gasteiger partial charge in [-0.1, -0.05) is 0 Å². The summed E-state index contributed by atoms with van der Waals surface area (Å²) in [6.45, 7) is 0.714. The number of hydrogen-bond acceptors (Lipinski definition) is 6. The summed E-state index contributed by atoms with van der Waals surface area (Å²) >= 11 is 0. The minimum Gasteiger partial charge on any atom is -0.462 e. The van der Waals surface area contributed by atoms with E-state index in [1.54, 1.807) is 0 Å². The van der Waals surface area contributed by atoms with Crippen molar-refractivity contribution in [1.82, 2.24) is 9.97 Å². The van der Waals surface area contributed by atoms with E-state index < -0.39 is 0 Å². The van der Waals surface area contributed by atoms with E-state index in [2.05, 4.69) is 39.2 Å². The Labute approximate surface area is 86.4 Å². The van der Waals surface area contributed by atoms with Gasteiger partial charge in [0.05, 0.1) is 16.1 Å². The second-order valence-corrected chi connectivity index (χ2v) is 3.37. The van der Waals surface area contributed by atoms with Gasteiger partial charge in [0.15, 0.2) is 5.82 Å². The van der Waals surface area contributed by atoms with Crippen LogP contribution in [0.4, 0.5) is 17.5 Å². The molecule has 76 valence electrons. The Hall–Kier alpha value is -0.860. The van der Waals surface area contributed by atoms with Crippen molar-refractivity contribution in [3.8, 4) is 5.88 Å². The molecule has 2 unspecified atom stereocenters. The molecule has 2 heterocycles. The quantitative estimate of drug-likeness (QED) is 0.729. The van der Waals surface area contributed by atoms with Crippen molar-refractivity contribution in [1.29, 1.82) is 0 Å². The Morgan fingerprint density at radius 1 is 1.57 bits per heavy atom. The molecule has 0 saturated heterocycles. The third-order valence-corrected chi connectivity index (χ3v) is 2.43. The molecule has 2 atom stereocenters. The summed E-state index contributed by atoms with van der Waals surface area (Å²) in [7, 11) is 6.48. The molecule has 0 radical (unpaired) electrons. The molecule has 0 aliphatic carbocycles. The van der Waals surface area contributed by atoms with Gasteiger partial charge in [-0.05, 0) is 9.39 Å². The zero-order chi connectivity index (χ0) is 10.1. The van der Waals surface area contributed by atoms with Crippen molar-refractivity contribution in [3.05, 3.63) is 0 Å². The summed E-state index contributed by atoms with van der Waals surface area (Å²) in [5.41, 5.74) is 0.825. The molecular formula is C6H11N5OP2. The monoisotopic (exact) mass is 231 g/mol. The van der Waals surface area contributed by atoms with Crippen LogP contribution in [0, 0.1) is 0 Å². The molecule has 2 N–H and O–H groups in total. The summed E-state index contributed by atoms with van der Waals surface area (Å²) in [5.74, 6) is 1.87. The first kappa shape index (κ1) is 9.69. The molecule has 1 aromatic rings. The van der Waals surface area contributed by atoms with Crippen LogP contribution in [0.3, 0.4) is 0 Å². The first-order valence-electron chi connectivity index (χ1n) is 3.96. The molecule has 0 bridgehead atoms. The van der Waals surface area contributed by atoms with E-state index >= 15 is 0 Å². The molecule has 0 spiro atoms. The number of anilines is 3. The Morgan fingerprint density at radius 2 is 2.36 bits per heavy atom. The van der Waals surface area contributed by atoms with Gasteiger partial charge in [-0.3, -0.25) is 0 Å². The van der Waals surface area contributed by atoms with E-state index in [1.165, 1.54) is 0 Å². The molecule has 0 saturated carbocycles. The lowest BCUT2D eigenvalue weighted by molar-refractivity contribution is 0.619. The van der Waals surface area contributed by atoms with Crippen molar-refractivity contribution in [2.45, 2.75) is 0 Å². The van der Waals surface area contributed by atoms with E-state index in [4.69, 9.17) is 4.52 Å². The van der Waals surface area contributed by atoms with Crippen molar-refractivity contribution in [3.63, 3.8) is 0 Å². The van der Waals surface area contributed by atoms with Crippen molar-refractivity contribution >= 4 is 36.3 Å². The summed E-state index contributed by atoms with van der Waals surface area (Å²) in [4.78, 5) is 10.4. The molecule has 0 amide bonds. The molecule has 6 nitrogen and oxygen atoms in total. The molecule has 1 aliphatic rings. The predicted octanol–water partition coefficient (Wildman–Crippen LogP) is 0.667. The molecule has 0 aromatic carbocycles. The van der Waals surface area contributed by atoms with Crippen LogP contribution in [-0.4, -0.2) is 23.7 Å². The lowest BCUT2D eigenvalue weighted by Gasteiger charge is -2.10. The highest BCUT2D eigenvalue weighted by atomic mass is 31.0. The van der Waals surface area contributed by atoms with Gasteiger partial charge in [0.2, 0.25) is 11.8 Å². The van der Waals surface area contributed by atoms with Crippen molar-refractivity contribution in [2.75, 3.05) is 29.0 Å². The van der Waals surface area contributed by atoms with Crippen LogP contribution >= 0.6 is 18.9 Å². The third-order valence-electron chi connectivity index (χ3n) is 1.95. The van der Waals surface area contributed by atoms with Crippen LogP contribution in [-0.2, 0) is 0 Å². The van der Waals surface area contributed by atoms with Crippen LogP contribution in [0.15, 0.2) is 0 Å². The topological polar surface area (TPSA) is 62.3 Å². The average Bonchev–Trinajstić information content (AvgIpc) is 2.59. The molecular weight excluding hydrogens is 220 g/mol. The van der Waals surface area contributed by atoms with Crippen LogP contribution in [0.1, 0.15) is 0 Å². The number of hydrogen-bond donors (Lipinski definition) is 2. The summed E-state index contributed by atoms with van der Waals surface area (Å²) in [6.07, 6.45) is 0. The Morgan fingerprint density at radius 3 is 3.00 bits per heavy atom. The summed E-state index contributed by atoms with van der Waals surface area (Å²) in [5, 5.41) is 5.95. The smallest absolute Gasteiger partial charge is 0.246 e. The minimum absolute atomic E-state index is 0.516. The highest BCUT2D eigenvalue weighted by Gasteiger charge is 2.23. The van der Waals surface area contributed by atoms with E-state index in [1.807, 2.05) is 11.9 Å². The molecule has 8 heteroatoms. The first-order valence-corrected chi connectivity index (χ1v) is 5.01. The molecule has 1 aliphatic heterocycles. The highest BCUT2D eigenvalue weighted by molar-refractivity contribution is 7.18. The molecule has 0 fully saturated rings. The van der Waals surface area contributed by atoms with Crippen molar-refractivity contribution in [2.24, 2.45) is 0 Å². The van der Waals surface area contributed by atoms with E-state index in [-0.39, 0.29) is 0 Å². The van der Waals surface area contributed by atoms with Gasteiger partial charge in [-0.2, -0.15) is 9.97 Å². The standard InChI is InChI=1S/C6H11N5OP2/c1-11-2-7-3-4(11)8-6(10-13)9-5(3)12-14/h7H,2,13-14H2,1H3,(H,8,9,10). The van der Waals surface area contributed by atoms with Crippen LogP contribution in [0.2, 0.25) is 0 Å². The average molecular weight is 231 g/mol. The number of rotatable bonds is 2.